The van der Waals surface area contributed by atoms with E-state index < -0.39 is 0 Å². The average Bonchev–Trinajstić information content (AvgIpc) is 3.66. The molecular formula is C42H26N6. The van der Waals surface area contributed by atoms with Crippen molar-refractivity contribution in [2.24, 2.45) is 0 Å². The molecule has 48 heavy (non-hydrogen) atoms. The molecule has 0 atom stereocenters. The van der Waals surface area contributed by atoms with Gasteiger partial charge in [-0.25, -0.2) is 4.98 Å². The average molecular weight is 615 g/mol. The Morgan fingerprint density at radius 2 is 0.979 bits per heavy atom. The SMILES string of the molecule is c1ccc(-c2nc(-c3ccccc3)nc(-n3c4ccccc4c4cc5c6ccccc6n(-c6ccc7cccnc7c6)c5cc43)n2)cc1. The number of hydrogen-bond acceptors (Lipinski definition) is 4. The molecule has 0 saturated heterocycles. The van der Waals surface area contributed by atoms with Crippen LogP contribution in [0.4, 0.5) is 0 Å². The Morgan fingerprint density at radius 1 is 0.396 bits per heavy atom. The number of benzene rings is 6. The lowest BCUT2D eigenvalue weighted by atomic mass is 10.1. The molecule has 224 valence electrons. The van der Waals surface area contributed by atoms with E-state index in [1.54, 1.807) is 0 Å². The van der Waals surface area contributed by atoms with Gasteiger partial charge in [0.25, 0.3) is 0 Å². The van der Waals surface area contributed by atoms with Gasteiger partial charge in [-0.05, 0) is 42.5 Å². The Balaban J connectivity index is 1.32. The van der Waals surface area contributed by atoms with Crippen LogP contribution in [-0.2, 0) is 0 Å². The van der Waals surface area contributed by atoms with Crippen LogP contribution in [0.3, 0.4) is 0 Å². The van der Waals surface area contributed by atoms with E-state index in [0.29, 0.717) is 17.6 Å². The maximum Gasteiger partial charge on any atom is 0.238 e. The molecule has 0 fully saturated rings. The van der Waals surface area contributed by atoms with Crippen LogP contribution in [0.15, 0.2) is 158 Å². The van der Waals surface area contributed by atoms with E-state index in [9.17, 15) is 0 Å². The molecule has 10 aromatic rings. The van der Waals surface area contributed by atoms with Crippen molar-refractivity contribution in [3.05, 3.63) is 158 Å². The van der Waals surface area contributed by atoms with Crippen molar-refractivity contribution in [2.75, 3.05) is 0 Å². The first-order valence-corrected chi connectivity index (χ1v) is 16.0. The minimum atomic E-state index is 0.575. The number of rotatable bonds is 4. The minimum absolute atomic E-state index is 0.575. The highest BCUT2D eigenvalue weighted by molar-refractivity contribution is 6.19. The Morgan fingerprint density at radius 3 is 1.65 bits per heavy atom. The van der Waals surface area contributed by atoms with Crippen molar-refractivity contribution < 1.29 is 0 Å². The molecule has 0 bridgehead atoms. The molecule has 10 rings (SSSR count). The van der Waals surface area contributed by atoms with Gasteiger partial charge < -0.3 is 4.57 Å². The first-order chi connectivity index (χ1) is 23.8. The largest absolute Gasteiger partial charge is 0.309 e. The number of pyridine rings is 1. The van der Waals surface area contributed by atoms with Gasteiger partial charge in [0.1, 0.15) is 0 Å². The van der Waals surface area contributed by atoms with Gasteiger partial charge >= 0.3 is 0 Å². The van der Waals surface area contributed by atoms with Gasteiger partial charge in [0.05, 0.1) is 27.6 Å². The van der Waals surface area contributed by atoms with Crippen LogP contribution in [0.5, 0.6) is 0 Å². The van der Waals surface area contributed by atoms with Crippen LogP contribution in [0.2, 0.25) is 0 Å². The van der Waals surface area contributed by atoms with E-state index in [4.69, 9.17) is 15.0 Å². The van der Waals surface area contributed by atoms with Crippen molar-refractivity contribution in [2.45, 2.75) is 0 Å². The zero-order chi connectivity index (χ0) is 31.6. The van der Waals surface area contributed by atoms with Gasteiger partial charge in [-0.1, -0.05) is 109 Å². The van der Waals surface area contributed by atoms with Crippen LogP contribution in [0.25, 0.3) is 88.9 Å². The summed E-state index contributed by atoms with van der Waals surface area (Å²) in [4.78, 5) is 19.9. The van der Waals surface area contributed by atoms with Crippen LogP contribution in [0.1, 0.15) is 0 Å². The molecule has 0 N–H and O–H groups in total. The summed E-state index contributed by atoms with van der Waals surface area (Å²) >= 11 is 0. The quantitative estimate of drug-likeness (QED) is 0.198. The summed E-state index contributed by atoms with van der Waals surface area (Å²) in [6.07, 6.45) is 1.85. The van der Waals surface area contributed by atoms with E-state index in [1.165, 1.54) is 10.8 Å². The van der Waals surface area contributed by atoms with E-state index >= 15 is 0 Å². The summed E-state index contributed by atoms with van der Waals surface area (Å²) < 4.78 is 4.53. The first-order valence-electron chi connectivity index (χ1n) is 16.0. The number of hydrogen-bond donors (Lipinski definition) is 0. The van der Waals surface area contributed by atoms with Gasteiger partial charge in [-0.3, -0.25) is 9.55 Å². The zero-order valence-corrected chi connectivity index (χ0v) is 25.7. The van der Waals surface area contributed by atoms with Crippen molar-refractivity contribution >= 4 is 54.5 Å². The van der Waals surface area contributed by atoms with Crippen LogP contribution in [-0.4, -0.2) is 29.1 Å². The smallest absolute Gasteiger partial charge is 0.238 e. The topological polar surface area (TPSA) is 61.4 Å². The monoisotopic (exact) mass is 614 g/mol. The highest BCUT2D eigenvalue weighted by Gasteiger charge is 2.21. The fraction of sp³-hybridized carbons (Fsp3) is 0. The van der Waals surface area contributed by atoms with E-state index in [2.05, 4.69) is 99.0 Å². The van der Waals surface area contributed by atoms with Gasteiger partial charge in [-0.2, -0.15) is 9.97 Å². The Labute approximate surface area is 275 Å². The lowest BCUT2D eigenvalue weighted by Crippen LogP contribution is -2.06. The minimum Gasteiger partial charge on any atom is -0.309 e. The summed E-state index contributed by atoms with van der Waals surface area (Å²) in [5.41, 5.74) is 8.20. The normalized spacial score (nSPS) is 11.8. The fourth-order valence-electron chi connectivity index (χ4n) is 7.02. The molecule has 0 aliphatic rings. The van der Waals surface area contributed by atoms with E-state index in [1.807, 2.05) is 72.9 Å². The van der Waals surface area contributed by atoms with E-state index in [-0.39, 0.29) is 0 Å². The molecule has 0 spiro atoms. The predicted octanol–water partition coefficient (Wildman–Crippen LogP) is 9.95. The standard InChI is InChI=1S/C42H26N6/c1-3-12-28(13-4-1)40-44-41(29-14-5-2-6-15-29)46-42(45-40)48-37-20-10-8-18-32(37)34-25-33-31-17-7-9-19-36(31)47(38(33)26-39(34)48)30-22-21-27-16-11-23-43-35(27)24-30/h1-26H. The molecule has 6 nitrogen and oxygen atoms in total. The maximum absolute atomic E-state index is 5.14. The molecule has 4 aromatic heterocycles. The summed E-state index contributed by atoms with van der Waals surface area (Å²) in [5, 5.41) is 5.79. The van der Waals surface area contributed by atoms with Crippen LogP contribution < -0.4 is 0 Å². The first kappa shape index (κ1) is 26.5. The van der Waals surface area contributed by atoms with Crippen molar-refractivity contribution in [1.82, 2.24) is 29.1 Å². The summed E-state index contributed by atoms with van der Waals surface area (Å²) in [6, 6.07) is 52.6. The second-order valence-corrected chi connectivity index (χ2v) is 12.0. The third kappa shape index (κ3) is 4.06. The molecule has 0 radical (unpaired) electrons. The van der Waals surface area contributed by atoms with Crippen molar-refractivity contribution in [1.29, 1.82) is 0 Å². The third-order valence-electron chi connectivity index (χ3n) is 9.20. The zero-order valence-electron chi connectivity index (χ0n) is 25.7. The molecule has 4 heterocycles. The lowest BCUT2D eigenvalue weighted by molar-refractivity contribution is 0.953. The Bertz CT molecular complexity index is 2780. The van der Waals surface area contributed by atoms with Crippen LogP contribution >= 0.6 is 0 Å². The molecule has 0 aliphatic heterocycles. The summed E-state index contributed by atoms with van der Waals surface area (Å²) in [7, 11) is 0. The number of fused-ring (bicyclic) bond motifs is 7. The highest BCUT2D eigenvalue weighted by atomic mass is 15.2. The van der Waals surface area contributed by atoms with E-state index in [0.717, 1.165) is 60.6 Å². The fourth-order valence-corrected chi connectivity index (χ4v) is 7.02. The Kier molecular flexibility index (Phi) is 5.77. The number of para-hydroxylation sites is 2. The summed E-state index contributed by atoms with van der Waals surface area (Å²) in [6.45, 7) is 0. The Hall–Kier alpha value is -6.66. The molecule has 0 amide bonds. The number of aromatic nitrogens is 6. The van der Waals surface area contributed by atoms with Crippen molar-refractivity contribution in [3.63, 3.8) is 0 Å². The maximum atomic E-state index is 5.14. The molecule has 0 unspecified atom stereocenters. The molecule has 0 saturated carbocycles. The van der Waals surface area contributed by atoms with Crippen LogP contribution in [0, 0.1) is 0 Å². The second kappa shape index (κ2) is 10.4. The third-order valence-corrected chi connectivity index (χ3v) is 9.20. The molecule has 6 heteroatoms. The molecule has 0 aliphatic carbocycles. The van der Waals surface area contributed by atoms with Gasteiger partial charge in [0, 0.05) is 49.9 Å². The van der Waals surface area contributed by atoms with Gasteiger partial charge in [0.2, 0.25) is 5.95 Å². The molecule has 6 aromatic carbocycles. The highest BCUT2D eigenvalue weighted by Crippen LogP contribution is 2.39. The summed E-state index contributed by atoms with van der Waals surface area (Å²) in [5.74, 6) is 1.83. The van der Waals surface area contributed by atoms with Crippen molar-refractivity contribution in [3.8, 4) is 34.4 Å². The lowest BCUT2D eigenvalue weighted by Gasteiger charge is -2.12. The second-order valence-electron chi connectivity index (χ2n) is 12.0. The predicted molar refractivity (Wildman–Crippen MR) is 195 cm³/mol. The van der Waals surface area contributed by atoms with Gasteiger partial charge in [0.15, 0.2) is 11.6 Å². The molecular weight excluding hydrogens is 589 g/mol. The number of nitrogens with zero attached hydrogens (tertiary/aromatic N) is 6. The van der Waals surface area contributed by atoms with Gasteiger partial charge in [-0.15, -0.1) is 0 Å².